The summed E-state index contributed by atoms with van der Waals surface area (Å²) in [6.45, 7) is 7.62. The summed E-state index contributed by atoms with van der Waals surface area (Å²) in [6.07, 6.45) is 1.54. The van der Waals surface area contributed by atoms with E-state index in [2.05, 4.69) is 10.6 Å². The van der Waals surface area contributed by atoms with Crippen molar-refractivity contribution in [1.29, 1.82) is 0 Å². The fourth-order valence-electron chi connectivity index (χ4n) is 4.70. The van der Waals surface area contributed by atoms with Crippen LogP contribution in [0.4, 0.5) is 4.79 Å². The quantitative estimate of drug-likeness (QED) is 0.296. The van der Waals surface area contributed by atoms with Gasteiger partial charge in [-0.1, -0.05) is 13.8 Å². The molecule has 12 nitrogen and oxygen atoms in total. The van der Waals surface area contributed by atoms with E-state index in [1.165, 1.54) is 23.8 Å². The monoisotopic (exact) mass is 496 g/mol. The third-order valence-electron chi connectivity index (χ3n) is 6.63. The second-order valence-electron chi connectivity index (χ2n) is 9.78. The van der Waals surface area contributed by atoms with Gasteiger partial charge in [0.05, 0.1) is 19.1 Å². The molecule has 0 aliphatic carbocycles. The van der Waals surface area contributed by atoms with Crippen molar-refractivity contribution in [3.63, 3.8) is 0 Å². The maximum Gasteiger partial charge on any atom is 0.317 e. The van der Waals surface area contributed by atoms with E-state index < -0.39 is 35.8 Å². The van der Waals surface area contributed by atoms with Crippen LogP contribution in [0.3, 0.4) is 0 Å². The summed E-state index contributed by atoms with van der Waals surface area (Å²) in [6, 6.07) is -3.20. The van der Waals surface area contributed by atoms with E-state index in [0.29, 0.717) is 32.4 Å². The third-order valence-corrected chi connectivity index (χ3v) is 6.63. The molecule has 2 aliphatic heterocycles. The highest BCUT2D eigenvalue weighted by atomic mass is 16.3. The molecule has 198 valence electrons. The van der Waals surface area contributed by atoms with Crippen molar-refractivity contribution < 1.29 is 29.4 Å². The maximum atomic E-state index is 13.6. The van der Waals surface area contributed by atoms with Gasteiger partial charge in [0.2, 0.25) is 17.7 Å². The number of carbonyl (C=O) groups is 4. The number of nitrogens with two attached hydrogens (primary N) is 1. The standard InChI is InChI=1S/C23H40N6O6/c1-13(2)10-28(12-19(31)15(4)30)14(3)21(33)26-17-11-27(23(35)25-5)9-8-16-6-7-18(20(24)32)29(16)22(17)34/h13-14,16-18,30-31H,6-12H2,1-5H3,(H2,24,32)(H,25,35)(H,26,33)/b19-15-/t14-,16+,17-,18-/m0/s1. The van der Waals surface area contributed by atoms with Gasteiger partial charge in [0.15, 0.2) is 0 Å². The molecule has 2 saturated heterocycles. The minimum Gasteiger partial charge on any atom is -0.509 e. The molecular formula is C23H40N6O6. The SMILES string of the molecule is CNC(=O)N1CC[C@H]2CC[C@@H](C(N)=O)N2C(=O)[C@@H](NC(=O)[C@H](C)N(C/C(O)=C(\C)O)CC(C)C)C1. The summed E-state index contributed by atoms with van der Waals surface area (Å²) in [7, 11) is 1.50. The number of urea groups is 1. The molecule has 2 rings (SSSR count). The first-order valence-electron chi connectivity index (χ1n) is 12.1. The van der Waals surface area contributed by atoms with Crippen LogP contribution < -0.4 is 16.4 Å². The molecule has 0 saturated carbocycles. The lowest BCUT2D eigenvalue weighted by Gasteiger charge is -2.39. The van der Waals surface area contributed by atoms with Gasteiger partial charge >= 0.3 is 6.03 Å². The average Bonchev–Trinajstić information content (AvgIpc) is 3.21. The zero-order valence-corrected chi connectivity index (χ0v) is 21.3. The summed E-state index contributed by atoms with van der Waals surface area (Å²) < 4.78 is 0. The molecule has 2 heterocycles. The number of fused-ring (bicyclic) bond motifs is 1. The normalized spacial score (nSPS) is 24.4. The van der Waals surface area contributed by atoms with Gasteiger partial charge in [0.1, 0.15) is 23.6 Å². The van der Waals surface area contributed by atoms with Gasteiger partial charge in [-0.2, -0.15) is 0 Å². The number of nitrogens with one attached hydrogen (secondary N) is 2. The number of allylic oxidation sites excluding steroid dienone is 1. The maximum absolute atomic E-state index is 13.6. The van der Waals surface area contributed by atoms with E-state index in [-0.39, 0.29) is 42.6 Å². The Balaban J connectivity index is 2.30. The molecule has 6 N–H and O–H groups in total. The number of hydrogen-bond donors (Lipinski definition) is 5. The van der Waals surface area contributed by atoms with Crippen molar-refractivity contribution in [2.24, 2.45) is 11.7 Å². The highest BCUT2D eigenvalue weighted by Crippen LogP contribution is 2.29. The van der Waals surface area contributed by atoms with Crippen molar-refractivity contribution in [3.05, 3.63) is 11.5 Å². The number of primary amides is 1. The molecule has 4 atom stereocenters. The molecule has 0 radical (unpaired) electrons. The summed E-state index contributed by atoms with van der Waals surface area (Å²) in [5, 5.41) is 25.0. The van der Waals surface area contributed by atoms with E-state index in [1.807, 2.05) is 13.8 Å². The van der Waals surface area contributed by atoms with Crippen LogP contribution in [0.2, 0.25) is 0 Å². The van der Waals surface area contributed by atoms with Crippen LogP contribution in [0.5, 0.6) is 0 Å². The summed E-state index contributed by atoms with van der Waals surface area (Å²) in [4.78, 5) is 56.0. The van der Waals surface area contributed by atoms with Crippen molar-refractivity contribution in [3.8, 4) is 0 Å². The third kappa shape index (κ3) is 7.00. The van der Waals surface area contributed by atoms with E-state index in [4.69, 9.17) is 5.73 Å². The van der Waals surface area contributed by atoms with Crippen LogP contribution in [0, 0.1) is 5.92 Å². The Morgan fingerprint density at radius 1 is 1.17 bits per heavy atom. The summed E-state index contributed by atoms with van der Waals surface area (Å²) >= 11 is 0. The predicted octanol–water partition coefficient (Wildman–Crippen LogP) is 0.0552. The van der Waals surface area contributed by atoms with Crippen LogP contribution in [0.15, 0.2) is 11.5 Å². The van der Waals surface area contributed by atoms with Crippen LogP contribution in [-0.2, 0) is 14.4 Å². The van der Waals surface area contributed by atoms with Crippen molar-refractivity contribution in [1.82, 2.24) is 25.3 Å². The minimum atomic E-state index is -1.07. The van der Waals surface area contributed by atoms with Crippen molar-refractivity contribution in [2.75, 3.05) is 33.2 Å². The highest BCUT2D eigenvalue weighted by Gasteiger charge is 2.45. The van der Waals surface area contributed by atoms with Gasteiger partial charge < -0.3 is 36.4 Å². The van der Waals surface area contributed by atoms with Gasteiger partial charge in [-0.3, -0.25) is 19.3 Å². The number of amides is 5. The van der Waals surface area contributed by atoms with E-state index >= 15 is 0 Å². The molecule has 0 aromatic carbocycles. The fourth-order valence-corrected chi connectivity index (χ4v) is 4.70. The molecule has 0 bridgehead atoms. The number of aliphatic hydroxyl groups is 2. The molecule has 0 aromatic rings. The summed E-state index contributed by atoms with van der Waals surface area (Å²) in [5.74, 6) is -1.84. The zero-order valence-electron chi connectivity index (χ0n) is 21.3. The van der Waals surface area contributed by atoms with Crippen LogP contribution in [0.25, 0.3) is 0 Å². The van der Waals surface area contributed by atoms with Crippen LogP contribution in [-0.4, -0.2) is 106 Å². The van der Waals surface area contributed by atoms with Gasteiger partial charge in [0, 0.05) is 26.2 Å². The first-order chi connectivity index (χ1) is 16.4. The number of nitrogens with zero attached hydrogens (tertiary/aromatic N) is 3. The van der Waals surface area contributed by atoms with Gasteiger partial charge in [-0.05, 0) is 39.0 Å². The lowest BCUT2D eigenvalue weighted by atomic mass is 10.1. The average molecular weight is 497 g/mol. The Morgan fingerprint density at radius 3 is 2.37 bits per heavy atom. The first kappa shape index (κ1) is 28.2. The zero-order chi connectivity index (χ0) is 26.4. The Labute approximate surface area is 206 Å². The van der Waals surface area contributed by atoms with E-state index in [1.54, 1.807) is 11.8 Å². The van der Waals surface area contributed by atoms with Gasteiger partial charge in [-0.25, -0.2) is 4.79 Å². The Hall–Kier alpha value is -3.02. The fraction of sp³-hybridized carbons (Fsp3) is 0.739. The summed E-state index contributed by atoms with van der Waals surface area (Å²) in [5.41, 5.74) is 5.56. The van der Waals surface area contributed by atoms with E-state index in [0.717, 1.165) is 0 Å². The van der Waals surface area contributed by atoms with Crippen molar-refractivity contribution >= 4 is 23.8 Å². The largest absolute Gasteiger partial charge is 0.509 e. The molecule has 12 heteroatoms. The van der Waals surface area contributed by atoms with E-state index in [9.17, 15) is 29.4 Å². The Morgan fingerprint density at radius 2 is 1.83 bits per heavy atom. The number of rotatable bonds is 8. The number of aliphatic hydroxyl groups excluding tert-OH is 2. The molecule has 35 heavy (non-hydrogen) atoms. The first-order valence-corrected chi connectivity index (χ1v) is 12.1. The molecule has 0 spiro atoms. The lowest BCUT2D eigenvalue weighted by molar-refractivity contribution is -0.144. The molecule has 2 aliphatic rings. The van der Waals surface area contributed by atoms with Crippen LogP contribution >= 0.6 is 0 Å². The Bertz CT molecular complexity index is 842. The molecule has 5 amide bonds. The van der Waals surface area contributed by atoms with Crippen molar-refractivity contribution in [2.45, 2.75) is 71.1 Å². The topological polar surface area (TPSA) is 169 Å². The van der Waals surface area contributed by atoms with Crippen LogP contribution in [0.1, 0.15) is 47.0 Å². The second kappa shape index (κ2) is 12.1. The smallest absolute Gasteiger partial charge is 0.317 e. The van der Waals surface area contributed by atoms with Gasteiger partial charge in [0.25, 0.3) is 0 Å². The molecular weight excluding hydrogens is 456 g/mol. The predicted molar refractivity (Wildman–Crippen MR) is 129 cm³/mol. The Kier molecular flexibility index (Phi) is 9.75. The van der Waals surface area contributed by atoms with Gasteiger partial charge in [-0.15, -0.1) is 0 Å². The number of hydrogen-bond acceptors (Lipinski definition) is 7. The molecule has 2 fully saturated rings. The second-order valence-corrected chi connectivity index (χ2v) is 9.78. The minimum absolute atomic E-state index is 0.0456. The molecule has 0 unspecified atom stereocenters. The number of carbonyl (C=O) groups excluding carboxylic acids is 4. The lowest BCUT2D eigenvalue weighted by Crippen LogP contribution is -2.63. The molecule has 0 aromatic heterocycles. The highest BCUT2D eigenvalue weighted by molar-refractivity contribution is 5.94.